The summed E-state index contributed by atoms with van der Waals surface area (Å²) < 4.78 is 19.6. The van der Waals surface area contributed by atoms with Gasteiger partial charge in [-0.05, 0) is 35.0 Å². The van der Waals surface area contributed by atoms with Crippen molar-refractivity contribution in [3.05, 3.63) is 77.6 Å². The monoisotopic (exact) mass is 390 g/mol. The molecule has 0 bridgehead atoms. The third-order valence-corrected chi connectivity index (χ3v) is 4.63. The lowest BCUT2D eigenvalue weighted by Crippen LogP contribution is -2.54. The number of halogens is 1. The van der Waals surface area contributed by atoms with Crippen molar-refractivity contribution in [1.29, 1.82) is 0 Å². The minimum absolute atomic E-state index is 0.238. The van der Waals surface area contributed by atoms with E-state index in [0.29, 0.717) is 16.2 Å². The van der Waals surface area contributed by atoms with E-state index >= 15 is 0 Å². The maximum atomic E-state index is 14.2. The van der Waals surface area contributed by atoms with Gasteiger partial charge in [0.1, 0.15) is 17.1 Å². The van der Waals surface area contributed by atoms with E-state index in [1.807, 2.05) is 30.3 Å². The van der Waals surface area contributed by atoms with E-state index in [1.165, 1.54) is 31.4 Å². The summed E-state index contributed by atoms with van der Waals surface area (Å²) in [5, 5.41) is 3.73. The molecule has 4 amide bonds. The summed E-state index contributed by atoms with van der Waals surface area (Å²) in [6.45, 7) is 0. The van der Waals surface area contributed by atoms with E-state index in [2.05, 4.69) is 5.32 Å². The van der Waals surface area contributed by atoms with Crippen molar-refractivity contribution in [2.45, 2.75) is 0 Å². The van der Waals surface area contributed by atoms with Gasteiger partial charge in [-0.25, -0.2) is 14.1 Å². The summed E-state index contributed by atoms with van der Waals surface area (Å²) in [4.78, 5) is 38.3. The predicted molar refractivity (Wildman–Crippen MR) is 106 cm³/mol. The highest BCUT2D eigenvalue weighted by atomic mass is 19.1. The van der Waals surface area contributed by atoms with E-state index in [9.17, 15) is 18.8 Å². The molecule has 0 saturated carbocycles. The zero-order chi connectivity index (χ0) is 20.5. The number of anilines is 1. The van der Waals surface area contributed by atoms with Crippen LogP contribution in [0.15, 0.2) is 66.2 Å². The van der Waals surface area contributed by atoms with Gasteiger partial charge < -0.3 is 4.74 Å². The van der Waals surface area contributed by atoms with Crippen molar-refractivity contribution in [3.63, 3.8) is 0 Å². The van der Waals surface area contributed by atoms with Crippen molar-refractivity contribution in [2.75, 3.05) is 12.0 Å². The highest BCUT2D eigenvalue weighted by molar-refractivity contribution is 6.39. The highest BCUT2D eigenvalue weighted by Gasteiger charge is 2.38. The summed E-state index contributed by atoms with van der Waals surface area (Å²) in [6, 6.07) is 15.3. The quantitative estimate of drug-likeness (QED) is 0.547. The Balaban J connectivity index is 1.89. The number of carbonyl (C=O) groups is 3. The summed E-state index contributed by atoms with van der Waals surface area (Å²) >= 11 is 0. The third kappa shape index (κ3) is 3.12. The van der Waals surface area contributed by atoms with E-state index in [-0.39, 0.29) is 11.3 Å². The topological polar surface area (TPSA) is 75.7 Å². The molecule has 1 N–H and O–H groups in total. The maximum Gasteiger partial charge on any atom is 0.336 e. The van der Waals surface area contributed by atoms with Gasteiger partial charge in [0.05, 0.1) is 12.8 Å². The van der Waals surface area contributed by atoms with Crippen LogP contribution in [0.25, 0.3) is 16.8 Å². The van der Waals surface area contributed by atoms with Crippen LogP contribution in [-0.4, -0.2) is 25.0 Å². The Kier molecular flexibility index (Phi) is 4.56. The van der Waals surface area contributed by atoms with Gasteiger partial charge in [-0.15, -0.1) is 0 Å². The highest BCUT2D eigenvalue weighted by Crippen LogP contribution is 2.31. The van der Waals surface area contributed by atoms with Gasteiger partial charge in [0.25, 0.3) is 11.8 Å². The van der Waals surface area contributed by atoms with Crippen LogP contribution in [0, 0.1) is 5.82 Å². The number of para-hydroxylation sites is 1. The van der Waals surface area contributed by atoms with Crippen molar-refractivity contribution < 1.29 is 23.5 Å². The van der Waals surface area contributed by atoms with E-state index in [0.717, 1.165) is 16.8 Å². The first-order chi connectivity index (χ1) is 14.0. The van der Waals surface area contributed by atoms with Crippen LogP contribution in [-0.2, 0) is 9.59 Å². The summed E-state index contributed by atoms with van der Waals surface area (Å²) in [5.41, 5.74) is -0.0345. The minimum atomic E-state index is -1.01. The molecular weight excluding hydrogens is 375 g/mol. The fourth-order valence-electron chi connectivity index (χ4n) is 3.26. The molecule has 1 saturated heterocycles. The Hall–Kier alpha value is -4.00. The lowest BCUT2D eigenvalue weighted by Gasteiger charge is -2.26. The van der Waals surface area contributed by atoms with Crippen molar-refractivity contribution in [3.8, 4) is 5.75 Å². The molecule has 1 fully saturated rings. The number of benzene rings is 3. The molecule has 144 valence electrons. The number of nitrogens with one attached hydrogen (secondary N) is 1. The molecule has 29 heavy (non-hydrogen) atoms. The number of methoxy groups -OCH3 is 1. The van der Waals surface area contributed by atoms with Crippen LogP contribution in [0.4, 0.5) is 14.9 Å². The molecule has 0 aliphatic carbocycles. The molecule has 7 heteroatoms. The summed E-state index contributed by atoms with van der Waals surface area (Å²) in [7, 11) is 1.48. The van der Waals surface area contributed by atoms with Gasteiger partial charge in [-0.1, -0.05) is 42.5 Å². The molecular formula is C22H15FN2O4. The first kappa shape index (κ1) is 18.4. The first-order valence-electron chi connectivity index (χ1n) is 8.73. The Morgan fingerprint density at radius 3 is 2.45 bits per heavy atom. The van der Waals surface area contributed by atoms with Gasteiger partial charge in [-0.3, -0.25) is 14.9 Å². The lowest BCUT2D eigenvalue weighted by atomic mass is 9.99. The van der Waals surface area contributed by atoms with Gasteiger partial charge in [0.15, 0.2) is 0 Å². The molecule has 1 aliphatic rings. The van der Waals surface area contributed by atoms with Crippen molar-refractivity contribution in [2.24, 2.45) is 0 Å². The third-order valence-electron chi connectivity index (χ3n) is 4.63. The molecule has 1 heterocycles. The largest absolute Gasteiger partial charge is 0.496 e. The first-order valence-corrected chi connectivity index (χ1v) is 8.73. The van der Waals surface area contributed by atoms with Crippen molar-refractivity contribution >= 4 is 40.4 Å². The number of carbonyl (C=O) groups excluding carboxylic acids is 3. The zero-order valence-electron chi connectivity index (χ0n) is 15.3. The Morgan fingerprint density at radius 2 is 1.69 bits per heavy atom. The maximum absolute atomic E-state index is 14.2. The number of ether oxygens (including phenoxy) is 1. The van der Waals surface area contributed by atoms with E-state index in [4.69, 9.17) is 4.74 Å². The van der Waals surface area contributed by atoms with Gasteiger partial charge in [-0.2, -0.15) is 0 Å². The molecule has 0 spiro atoms. The average molecular weight is 390 g/mol. The lowest BCUT2D eigenvalue weighted by molar-refractivity contribution is -0.122. The van der Waals surface area contributed by atoms with Crippen LogP contribution >= 0.6 is 0 Å². The smallest absolute Gasteiger partial charge is 0.336 e. The van der Waals surface area contributed by atoms with Gasteiger partial charge in [0, 0.05) is 5.56 Å². The van der Waals surface area contributed by atoms with E-state index in [1.54, 1.807) is 6.07 Å². The molecule has 0 atom stereocenters. The summed E-state index contributed by atoms with van der Waals surface area (Å²) in [6.07, 6.45) is 1.36. The molecule has 0 radical (unpaired) electrons. The normalized spacial score (nSPS) is 15.7. The van der Waals surface area contributed by atoms with Crippen LogP contribution in [0.5, 0.6) is 5.75 Å². The number of hydrogen-bond donors (Lipinski definition) is 1. The molecule has 6 nitrogen and oxygen atoms in total. The Morgan fingerprint density at radius 1 is 0.966 bits per heavy atom. The zero-order valence-corrected chi connectivity index (χ0v) is 15.3. The van der Waals surface area contributed by atoms with Gasteiger partial charge in [0.2, 0.25) is 0 Å². The number of urea groups is 1. The molecule has 4 rings (SSSR count). The molecule has 1 aliphatic heterocycles. The van der Waals surface area contributed by atoms with Crippen LogP contribution < -0.4 is 15.0 Å². The van der Waals surface area contributed by atoms with Crippen LogP contribution in [0.1, 0.15) is 5.56 Å². The number of fused-ring (bicyclic) bond motifs is 1. The number of barbiturate groups is 1. The molecule has 0 aromatic heterocycles. The number of imide groups is 2. The number of hydrogen-bond acceptors (Lipinski definition) is 4. The van der Waals surface area contributed by atoms with E-state index < -0.39 is 23.7 Å². The van der Waals surface area contributed by atoms with Crippen molar-refractivity contribution in [1.82, 2.24) is 5.32 Å². The second kappa shape index (κ2) is 7.20. The number of rotatable bonds is 3. The predicted octanol–water partition coefficient (Wildman–Crippen LogP) is 3.65. The Bertz CT molecular complexity index is 1200. The van der Waals surface area contributed by atoms with Crippen LogP contribution in [0.3, 0.4) is 0 Å². The summed E-state index contributed by atoms with van der Waals surface area (Å²) in [5.74, 6) is -2.08. The minimum Gasteiger partial charge on any atom is -0.496 e. The molecule has 3 aromatic rings. The SMILES string of the molecule is COc1ccc2ccccc2c1/C=C1\C(=O)NC(=O)N(c2ccccc2F)C1=O. The number of nitrogens with zero attached hydrogens (tertiary/aromatic N) is 1. The fourth-order valence-corrected chi connectivity index (χ4v) is 3.26. The number of amides is 4. The fraction of sp³-hybridized carbons (Fsp3) is 0.0455. The second-order valence-corrected chi connectivity index (χ2v) is 6.31. The second-order valence-electron chi connectivity index (χ2n) is 6.31. The molecule has 0 unspecified atom stereocenters. The standard InChI is InChI=1S/C22H15FN2O4/c1-29-19-11-10-13-6-2-3-7-14(13)15(19)12-16-20(26)24-22(28)25(21(16)27)18-9-5-4-8-17(18)23/h2-12H,1H3,(H,24,26,28)/b16-12+. The van der Waals surface area contributed by atoms with Gasteiger partial charge >= 0.3 is 6.03 Å². The average Bonchev–Trinajstić information content (AvgIpc) is 2.72. The Labute approximate surface area is 165 Å². The molecule has 3 aromatic carbocycles. The van der Waals surface area contributed by atoms with Crippen LogP contribution in [0.2, 0.25) is 0 Å².